The summed E-state index contributed by atoms with van der Waals surface area (Å²) in [5.74, 6) is -0.374. The third kappa shape index (κ3) is 8.70. The molecular weight excluding hydrogens is 612 g/mol. The summed E-state index contributed by atoms with van der Waals surface area (Å²) < 4.78 is 0. The number of hydrogen-bond acceptors (Lipinski definition) is 4. The molecule has 2 saturated heterocycles. The van der Waals surface area contributed by atoms with E-state index in [4.69, 9.17) is 0 Å². The topological polar surface area (TPSA) is 98.8 Å². The highest BCUT2D eigenvalue weighted by molar-refractivity contribution is 5.98. The van der Waals surface area contributed by atoms with Crippen molar-refractivity contribution >= 4 is 47.2 Å². The summed E-state index contributed by atoms with van der Waals surface area (Å²) >= 11 is 0. The first-order valence-electron chi connectivity index (χ1n) is 17.0. The summed E-state index contributed by atoms with van der Waals surface area (Å²) in [5, 5.41) is 5.97. The van der Waals surface area contributed by atoms with Crippen molar-refractivity contribution in [2.24, 2.45) is 0 Å². The number of nitrogens with zero attached hydrogens (tertiary/aromatic N) is 2. The maximum atomic E-state index is 13.2. The van der Waals surface area contributed by atoms with Crippen LogP contribution < -0.4 is 10.6 Å². The Morgan fingerprint density at radius 1 is 0.612 bits per heavy atom. The number of benzene rings is 4. The first-order valence-corrected chi connectivity index (χ1v) is 17.0. The van der Waals surface area contributed by atoms with Gasteiger partial charge in [0.1, 0.15) is 12.1 Å². The molecule has 0 bridgehead atoms. The average molecular weight is 655 g/mol. The largest absolute Gasteiger partial charge is 0.330 e. The van der Waals surface area contributed by atoms with Crippen LogP contribution in [0.4, 0.5) is 11.4 Å². The highest BCUT2D eigenvalue weighted by atomic mass is 16.2. The molecule has 2 heterocycles. The summed E-state index contributed by atoms with van der Waals surface area (Å²) in [6, 6.07) is 31.8. The molecule has 0 aromatic heterocycles. The Kier molecular flexibility index (Phi) is 10.6. The second-order valence-corrected chi connectivity index (χ2v) is 12.9. The predicted octanol–water partition coefficient (Wildman–Crippen LogP) is 6.51. The number of nitrogens with one attached hydrogen (secondary N) is 2. The van der Waals surface area contributed by atoms with Crippen LogP contribution in [-0.4, -0.2) is 58.6 Å². The Labute approximate surface area is 287 Å². The predicted molar refractivity (Wildman–Crippen MR) is 194 cm³/mol. The number of likely N-dealkylation sites (tertiary alicyclic amines) is 2. The van der Waals surface area contributed by atoms with Crippen LogP contribution >= 0.6 is 0 Å². The van der Waals surface area contributed by atoms with Crippen molar-refractivity contribution in [3.63, 3.8) is 0 Å². The zero-order valence-corrected chi connectivity index (χ0v) is 27.8. The minimum absolute atomic E-state index is 0.0226. The van der Waals surface area contributed by atoms with E-state index in [2.05, 4.69) is 10.6 Å². The van der Waals surface area contributed by atoms with E-state index in [1.54, 1.807) is 9.80 Å². The number of rotatable bonds is 10. The SMILES string of the molecule is Cc1cccc(CC(=O)N2CCC[C@H]2C(=O)Nc2ccc(/C=C/c3ccc(NC(=O)[C@@H]4CCCN4C(=O)Cc4ccccc4)cc3)cc2)c1. The molecule has 4 aromatic carbocycles. The van der Waals surface area contributed by atoms with Gasteiger partial charge in [-0.1, -0.05) is 96.6 Å². The molecule has 0 aliphatic carbocycles. The van der Waals surface area contributed by atoms with Crippen LogP contribution in [0.15, 0.2) is 103 Å². The molecule has 0 saturated carbocycles. The Hall–Kier alpha value is -5.50. The summed E-state index contributed by atoms with van der Waals surface area (Å²) in [6.07, 6.45) is 7.48. The molecule has 4 amide bonds. The van der Waals surface area contributed by atoms with Crippen molar-refractivity contribution in [3.05, 3.63) is 131 Å². The summed E-state index contributed by atoms with van der Waals surface area (Å²) in [5.41, 5.74) is 6.31. The fourth-order valence-corrected chi connectivity index (χ4v) is 6.64. The lowest BCUT2D eigenvalue weighted by Crippen LogP contribution is -2.43. The highest BCUT2D eigenvalue weighted by Gasteiger charge is 2.35. The monoisotopic (exact) mass is 654 g/mol. The van der Waals surface area contributed by atoms with E-state index in [1.807, 2.05) is 122 Å². The molecule has 250 valence electrons. The van der Waals surface area contributed by atoms with Gasteiger partial charge in [-0.25, -0.2) is 0 Å². The zero-order valence-electron chi connectivity index (χ0n) is 27.8. The van der Waals surface area contributed by atoms with Crippen LogP contribution in [0.25, 0.3) is 12.2 Å². The number of carbonyl (C=O) groups is 4. The van der Waals surface area contributed by atoms with E-state index < -0.39 is 12.1 Å². The van der Waals surface area contributed by atoms with Gasteiger partial charge in [0.05, 0.1) is 12.8 Å². The quantitative estimate of drug-likeness (QED) is 0.191. The molecule has 2 aliphatic heterocycles. The smallest absolute Gasteiger partial charge is 0.247 e. The van der Waals surface area contributed by atoms with Crippen molar-refractivity contribution in [1.29, 1.82) is 0 Å². The van der Waals surface area contributed by atoms with E-state index in [-0.39, 0.29) is 23.6 Å². The molecule has 4 aromatic rings. The highest BCUT2D eigenvalue weighted by Crippen LogP contribution is 2.23. The van der Waals surface area contributed by atoms with Gasteiger partial charge < -0.3 is 20.4 Å². The molecule has 0 radical (unpaired) electrons. The lowest BCUT2D eigenvalue weighted by molar-refractivity contribution is -0.136. The van der Waals surface area contributed by atoms with Gasteiger partial charge in [-0.15, -0.1) is 0 Å². The lowest BCUT2D eigenvalue weighted by atomic mass is 10.1. The Bertz CT molecular complexity index is 1820. The molecular formula is C41H42N4O4. The number of aryl methyl sites for hydroxylation is 1. The fourth-order valence-electron chi connectivity index (χ4n) is 6.64. The van der Waals surface area contributed by atoms with Crippen LogP contribution in [0.5, 0.6) is 0 Å². The van der Waals surface area contributed by atoms with Crippen LogP contribution in [0.3, 0.4) is 0 Å². The standard InChI is InChI=1S/C41H42N4O4/c1-29-8-5-11-33(26-29)28-39(47)45-25-7-13-37(45)41(49)43-35-22-18-31(19-23-35)15-14-30-16-20-34(21-17-30)42-40(48)36-12-6-24-44(36)38(46)27-32-9-3-2-4-10-32/h2-5,8-11,14-23,26,36-37H,6-7,12-13,24-25,27-28H2,1H3,(H,42,48)(H,43,49)/b15-14+/t36-,37-/m0/s1. The fraction of sp³-hybridized carbons (Fsp3) is 0.268. The third-order valence-electron chi connectivity index (χ3n) is 9.21. The summed E-state index contributed by atoms with van der Waals surface area (Å²) in [7, 11) is 0. The number of carbonyl (C=O) groups excluding carboxylic acids is 4. The second-order valence-electron chi connectivity index (χ2n) is 12.9. The van der Waals surface area contributed by atoms with Crippen molar-refractivity contribution in [2.45, 2.75) is 57.5 Å². The number of hydrogen-bond donors (Lipinski definition) is 2. The molecule has 8 nitrogen and oxygen atoms in total. The molecule has 2 aliphatic rings. The van der Waals surface area contributed by atoms with E-state index in [0.717, 1.165) is 40.7 Å². The first-order chi connectivity index (χ1) is 23.8. The van der Waals surface area contributed by atoms with Crippen molar-refractivity contribution in [1.82, 2.24) is 9.80 Å². The molecule has 6 rings (SSSR count). The van der Waals surface area contributed by atoms with E-state index >= 15 is 0 Å². The summed E-state index contributed by atoms with van der Waals surface area (Å²) in [4.78, 5) is 55.6. The van der Waals surface area contributed by atoms with Gasteiger partial charge in [0.2, 0.25) is 23.6 Å². The normalized spacial score (nSPS) is 17.3. The molecule has 2 atom stereocenters. The zero-order chi connectivity index (χ0) is 34.2. The van der Waals surface area contributed by atoms with Gasteiger partial charge in [0, 0.05) is 24.5 Å². The third-order valence-corrected chi connectivity index (χ3v) is 9.21. The van der Waals surface area contributed by atoms with Crippen LogP contribution in [0.2, 0.25) is 0 Å². The molecule has 2 N–H and O–H groups in total. The number of anilines is 2. The van der Waals surface area contributed by atoms with Crippen molar-refractivity contribution in [3.8, 4) is 0 Å². The van der Waals surface area contributed by atoms with Gasteiger partial charge in [0.25, 0.3) is 0 Å². The van der Waals surface area contributed by atoms with Gasteiger partial charge >= 0.3 is 0 Å². The van der Waals surface area contributed by atoms with E-state index in [0.29, 0.717) is 50.1 Å². The van der Waals surface area contributed by atoms with Gasteiger partial charge in [-0.2, -0.15) is 0 Å². The Morgan fingerprint density at radius 3 is 1.57 bits per heavy atom. The molecule has 0 spiro atoms. The Morgan fingerprint density at radius 2 is 1.08 bits per heavy atom. The summed E-state index contributed by atoms with van der Waals surface area (Å²) in [6.45, 7) is 3.19. The van der Waals surface area contributed by atoms with Gasteiger partial charge in [0.15, 0.2) is 0 Å². The molecule has 0 unspecified atom stereocenters. The number of amides is 4. The Balaban J connectivity index is 0.985. The lowest BCUT2D eigenvalue weighted by Gasteiger charge is -2.24. The molecule has 2 fully saturated rings. The van der Waals surface area contributed by atoms with Crippen LogP contribution in [0, 0.1) is 6.92 Å². The average Bonchev–Trinajstić information content (AvgIpc) is 3.81. The maximum Gasteiger partial charge on any atom is 0.247 e. The minimum atomic E-state index is -0.469. The van der Waals surface area contributed by atoms with Gasteiger partial charge in [-0.05, 0) is 79.1 Å². The van der Waals surface area contributed by atoms with Crippen LogP contribution in [-0.2, 0) is 32.0 Å². The minimum Gasteiger partial charge on any atom is -0.330 e. The van der Waals surface area contributed by atoms with Crippen molar-refractivity contribution < 1.29 is 19.2 Å². The van der Waals surface area contributed by atoms with Crippen molar-refractivity contribution in [2.75, 3.05) is 23.7 Å². The van der Waals surface area contributed by atoms with E-state index in [9.17, 15) is 19.2 Å². The molecule has 8 heteroatoms. The van der Waals surface area contributed by atoms with Gasteiger partial charge in [-0.3, -0.25) is 19.2 Å². The van der Waals surface area contributed by atoms with E-state index in [1.165, 1.54) is 0 Å². The molecule has 49 heavy (non-hydrogen) atoms. The second kappa shape index (κ2) is 15.6. The first kappa shape index (κ1) is 33.4. The van der Waals surface area contributed by atoms with Crippen LogP contribution in [0.1, 0.15) is 53.5 Å². The maximum absolute atomic E-state index is 13.2.